The number of aryl methyl sites for hydroxylation is 1. The molecule has 0 aliphatic carbocycles. The number of aromatic nitrogens is 3. The summed E-state index contributed by atoms with van der Waals surface area (Å²) in [6.07, 6.45) is 2.50. The largest absolute Gasteiger partial charge is 0.478 e. The molecule has 18 heavy (non-hydrogen) atoms. The van der Waals surface area contributed by atoms with Crippen LogP contribution in [0.5, 0.6) is 0 Å². The highest BCUT2D eigenvalue weighted by Crippen LogP contribution is 2.15. The zero-order chi connectivity index (χ0) is 13.3. The van der Waals surface area contributed by atoms with Gasteiger partial charge in [0.15, 0.2) is 4.83 Å². The van der Waals surface area contributed by atoms with E-state index in [0.29, 0.717) is 21.5 Å². The normalized spacial score (nSPS) is 12.0. The fourth-order valence-corrected chi connectivity index (χ4v) is 2.38. The lowest BCUT2D eigenvalue weighted by Gasteiger charge is -2.04. The topological polar surface area (TPSA) is 85.1 Å². The van der Waals surface area contributed by atoms with Crippen molar-refractivity contribution < 1.29 is 9.90 Å². The van der Waals surface area contributed by atoms with E-state index < -0.39 is 5.97 Å². The first-order chi connectivity index (χ1) is 8.49. The van der Waals surface area contributed by atoms with Gasteiger partial charge < -0.3 is 5.11 Å². The van der Waals surface area contributed by atoms with Gasteiger partial charge in [0.25, 0.3) is 5.56 Å². The molecule has 0 aliphatic rings. The Morgan fingerprint density at radius 2 is 2.33 bits per heavy atom. The molecule has 6 nitrogen and oxygen atoms in total. The number of carboxylic acid groups (broad SMARTS) is 1. The lowest BCUT2D eigenvalue weighted by atomic mass is 10.2. The Morgan fingerprint density at radius 1 is 1.61 bits per heavy atom. The number of carbonyl (C=O) groups is 1. The number of nitrogens with zero attached hydrogens (tertiary/aromatic N) is 3. The second-order valence-electron chi connectivity index (χ2n) is 3.95. The van der Waals surface area contributed by atoms with Gasteiger partial charge in [0.1, 0.15) is 0 Å². The zero-order valence-corrected chi connectivity index (χ0v) is 10.7. The Morgan fingerprint density at radius 3 is 3.00 bits per heavy atom. The van der Waals surface area contributed by atoms with Crippen molar-refractivity contribution in [1.82, 2.24) is 13.9 Å². The molecule has 7 heteroatoms. The predicted molar refractivity (Wildman–Crippen MR) is 67.8 cm³/mol. The molecule has 1 N–H and O–H groups in total. The fourth-order valence-electron chi connectivity index (χ4n) is 1.65. The van der Waals surface area contributed by atoms with Crippen molar-refractivity contribution in [3.63, 3.8) is 0 Å². The first kappa shape index (κ1) is 12.4. The van der Waals surface area contributed by atoms with Crippen LogP contribution in [-0.2, 0) is 11.3 Å². The second-order valence-corrected chi connectivity index (χ2v) is 4.71. The molecule has 2 heterocycles. The Kier molecular flexibility index (Phi) is 3.24. The number of hydrogen-bond donors (Lipinski definition) is 1. The van der Waals surface area contributed by atoms with Crippen LogP contribution in [0.1, 0.15) is 12.6 Å². The molecule has 0 saturated carbocycles. The van der Waals surface area contributed by atoms with E-state index in [1.54, 1.807) is 13.8 Å². The minimum Gasteiger partial charge on any atom is -0.478 e. The molecule has 0 bridgehead atoms. The van der Waals surface area contributed by atoms with E-state index in [1.807, 2.05) is 0 Å². The van der Waals surface area contributed by atoms with Gasteiger partial charge in [-0.25, -0.2) is 9.78 Å². The van der Waals surface area contributed by atoms with E-state index in [9.17, 15) is 9.59 Å². The maximum Gasteiger partial charge on any atom is 0.328 e. The van der Waals surface area contributed by atoms with Crippen LogP contribution in [0.15, 0.2) is 22.8 Å². The molecule has 94 valence electrons. The summed E-state index contributed by atoms with van der Waals surface area (Å²) < 4.78 is 5.47. The molecule has 0 aromatic carbocycles. The average molecular weight is 265 g/mol. The van der Waals surface area contributed by atoms with Gasteiger partial charge in [0, 0.05) is 12.6 Å². The molecule has 2 aromatic rings. The lowest BCUT2D eigenvalue weighted by Crippen LogP contribution is -2.21. The highest BCUT2D eigenvalue weighted by molar-refractivity contribution is 7.12. The summed E-state index contributed by atoms with van der Waals surface area (Å²) in [6.45, 7) is 3.62. The molecule has 0 atom stereocenters. The van der Waals surface area contributed by atoms with Crippen LogP contribution in [-0.4, -0.2) is 25.0 Å². The molecule has 2 rings (SSSR count). The predicted octanol–water partition coefficient (Wildman–Crippen LogP) is 1.19. The van der Waals surface area contributed by atoms with E-state index in [1.165, 1.54) is 22.4 Å². The van der Waals surface area contributed by atoms with E-state index in [0.717, 1.165) is 6.08 Å². The van der Waals surface area contributed by atoms with Crippen molar-refractivity contribution >= 4 is 27.7 Å². The van der Waals surface area contributed by atoms with Crippen LogP contribution in [0.4, 0.5) is 0 Å². The van der Waals surface area contributed by atoms with E-state index in [4.69, 9.17) is 5.11 Å². The number of rotatable bonds is 3. The van der Waals surface area contributed by atoms with Crippen molar-refractivity contribution in [2.75, 3.05) is 0 Å². The smallest absolute Gasteiger partial charge is 0.328 e. The van der Waals surface area contributed by atoms with E-state index >= 15 is 0 Å². The number of aliphatic carboxylic acids is 1. The van der Waals surface area contributed by atoms with Gasteiger partial charge in [-0.1, -0.05) is 0 Å². The molecule has 0 unspecified atom stereocenters. The maximum absolute atomic E-state index is 12.1. The number of allylic oxidation sites excluding steroid dienone is 1. The SMILES string of the molecule is CC(=CC(=O)O)Cn1cnc2snc(C)c2c1=O. The summed E-state index contributed by atoms with van der Waals surface area (Å²) in [5, 5.41) is 9.13. The van der Waals surface area contributed by atoms with Crippen molar-refractivity contribution in [2.24, 2.45) is 0 Å². The van der Waals surface area contributed by atoms with Gasteiger partial charge in [-0.3, -0.25) is 9.36 Å². The number of fused-ring (bicyclic) bond motifs is 1. The Bertz CT molecular complexity index is 699. The molecule has 0 fully saturated rings. The van der Waals surface area contributed by atoms with Crippen LogP contribution in [0, 0.1) is 6.92 Å². The molecular formula is C11H11N3O3S. The molecule has 2 aromatic heterocycles. The quantitative estimate of drug-likeness (QED) is 0.843. The fraction of sp³-hybridized carbons (Fsp3) is 0.273. The molecule has 0 spiro atoms. The van der Waals surface area contributed by atoms with Crippen LogP contribution in [0.3, 0.4) is 0 Å². The van der Waals surface area contributed by atoms with Crippen molar-refractivity contribution in [2.45, 2.75) is 20.4 Å². The molecule has 0 radical (unpaired) electrons. The van der Waals surface area contributed by atoms with E-state index in [-0.39, 0.29) is 12.1 Å². The summed E-state index contributed by atoms with van der Waals surface area (Å²) in [7, 11) is 0. The van der Waals surface area contributed by atoms with Gasteiger partial charge in [-0.15, -0.1) is 0 Å². The van der Waals surface area contributed by atoms with Crippen molar-refractivity contribution in [1.29, 1.82) is 0 Å². The van der Waals surface area contributed by atoms with Crippen LogP contribution < -0.4 is 5.56 Å². The third-order valence-corrected chi connectivity index (χ3v) is 3.27. The maximum atomic E-state index is 12.1. The molecule has 0 amide bonds. The summed E-state index contributed by atoms with van der Waals surface area (Å²) in [5.74, 6) is -1.03. The zero-order valence-electron chi connectivity index (χ0n) is 9.88. The van der Waals surface area contributed by atoms with Gasteiger partial charge in [-0.05, 0) is 31.0 Å². The Hall–Kier alpha value is -2.02. The van der Waals surface area contributed by atoms with Gasteiger partial charge in [0.05, 0.1) is 17.4 Å². The number of carboxylic acids is 1. The monoisotopic (exact) mass is 265 g/mol. The van der Waals surface area contributed by atoms with E-state index in [2.05, 4.69) is 9.36 Å². The summed E-state index contributed by atoms with van der Waals surface area (Å²) in [6, 6.07) is 0. The minimum atomic E-state index is -1.03. The highest BCUT2D eigenvalue weighted by Gasteiger charge is 2.10. The van der Waals surface area contributed by atoms with Crippen LogP contribution >= 0.6 is 11.5 Å². The Balaban J connectivity index is 2.47. The first-order valence-corrected chi connectivity index (χ1v) is 5.98. The summed E-state index contributed by atoms with van der Waals surface area (Å²) in [4.78, 5) is 27.4. The van der Waals surface area contributed by atoms with Crippen molar-refractivity contribution in [3.8, 4) is 0 Å². The van der Waals surface area contributed by atoms with Crippen LogP contribution in [0.2, 0.25) is 0 Å². The number of hydrogen-bond acceptors (Lipinski definition) is 5. The lowest BCUT2D eigenvalue weighted by molar-refractivity contribution is -0.131. The molecule has 0 saturated heterocycles. The third-order valence-electron chi connectivity index (χ3n) is 2.42. The third kappa shape index (κ3) is 2.30. The standard InChI is InChI=1S/C11H11N3O3S/c1-6(3-8(15)16)4-14-5-12-10-9(11(14)17)7(2)13-18-10/h3,5H,4H2,1-2H3,(H,15,16). The highest BCUT2D eigenvalue weighted by atomic mass is 32.1. The Labute approximate surface area is 106 Å². The summed E-state index contributed by atoms with van der Waals surface area (Å²) >= 11 is 1.18. The van der Waals surface area contributed by atoms with Gasteiger partial charge in [-0.2, -0.15) is 4.37 Å². The summed E-state index contributed by atoms with van der Waals surface area (Å²) in [5.41, 5.74) is 1.04. The second kappa shape index (κ2) is 4.69. The van der Waals surface area contributed by atoms with Gasteiger partial charge >= 0.3 is 5.97 Å². The van der Waals surface area contributed by atoms with Crippen molar-refractivity contribution in [3.05, 3.63) is 34.0 Å². The minimum absolute atomic E-state index is 0.190. The molecular weight excluding hydrogens is 254 g/mol. The average Bonchev–Trinajstić information content (AvgIpc) is 2.64. The van der Waals surface area contributed by atoms with Crippen LogP contribution in [0.25, 0.3) is 10.2 Å². The molecule has 0 aliphatic heterocycles. The first-order valence-electron chi connectivity index (χ1n) is 5.20. The van der Waals surface area contributed by atoms with Gasteiger partial charge in [0.2, 0.25) is 0 Å².